The zero-order chi connectivity index (χ0) is 25.2. The van der Waals surface area contributed by atoms with Gasteiger partial charge in [-0.05, 0) is 84.6 Å². The molecule has 1 unspecified atom stereocenters. The maximum atomic E-state index is 9.98. The Balaban J connectivity index is 1.76. The lowest BCUT2D eigenvalue weighted by Crippen LogP contribution is -2.09. The fraction of sp³-hybridized carbons (Fsp3) is 0.265. The van der Waals surface area contributed by atoms with E-state index in [1.165, 1.54) is 29.5 Å². The van der Waals surface area contributed by atoms with E-state index in [1.807, 2.05) is 30.3 Å². The highest BCUT2D eigenvalue weighted by Gasteiger charge is 2.20. The van der Waals surface area contributed by atoms with Crippen LogP contribution in [0.2, 0.25) is 0 Å². The number of rotatable bonds is 9. The standard InChI is InChI=1S/C34H35NO/c1-3-5-6-10-16-27(4-2)34(36-25-26-14-8-7-9-15-26)29-21-22-30(24-35)33(23-29)32-20-13-18-28-17-11-12-19-31(28)32/h4-10,13-16,18,20-23,34H,3,11-12,17,19,25H2,1-2H3/b6-5+,16-10-,27-4+. The van der Waals surface area contributed by atoms with Crippen LogP contribution >= 0.6 is 0 Å². The van der Waals surface area contributed by atoms with E-state index < -0.39 is 0 Å². The van der Waals surface area contributed by atoms with Crippen molar-refractivity contribution in [3.05, 3.63) is 131 Å². The molecule has 2 nitrogen and oxygen atoms in total. The van der Waals surface area contributed by atoms with Gasteiger partial charge in [-0.1, -0.05) is 91.9 Å². The molecule has 3 aromatic rings. The molecular formula is C34H35NO. The van der Waals surface area contributed by atoms with Crippen molar-refractivity contribution < 1.29 is 4.74 Å². The van der Waals surface area contributed by atoms with Gasteiger partial charge in [0.15, 0.2) is 0 Å². The summed E-state index contributed by atoms with van der Waals surface area (Å²) in [6, 6.07) is 25.5. The molecule has 182 valence electrons. The Morgan fingerprint density at radius 3 is 2.58 bits per heavy atom. The van der Waals surface area contributed by atoms with Crippen molar-refractivity contribution in [1.82, 2.24) is 0 Å². The Morgan fingerprint density at radius 2 is 1.81 bits per heavy atom. The Labute approximate surface area is 216 Å². The van der Waals surface area contributed by atoms with E-state index in [0.717, 1.165) is 41.5 Å². The predicted molar refractivity (Wildman–Crippen MR) is 150 cm³/mol. The number of nitrogens with zero attached hydrogens (tertiary/aromatic N) is 1. The van der Waals surface area contributed by atoms with Crippen molar-refractivity contribution >= 4 is 0 Å². The van der Waals surface area contributed by atoms with E-state index in [-0.39, 0.29) is 6.10 Å². The van der Waals surface area contributed by atoms with Crippen LogP contribution in [0, 0.1) is 11.3 Å². The number of aryl methyl sites for hydroxylation is 1. The molecule has 1 atom stereocenters. The Kier molecular flexibility index (Phi) is 9.09. The van der Waals surface area contributed by atoms with Gasteiger partial charge in [-0.2, -0.15) is 5.26 Å². The summed E-state index contributed by atoms with van der Waals surface area (Å²) in [6.45, 7) is 4.70. The van der Waals surface area contributed by atoms with E-state index in [2.05, 4.69) is 86.7 Å². The highest BCUT2D eigenvalue weighted by atomic mass is 16.5. The van der Waals surface area contributed by atoms with Crippen molar-refractivity contribution in [2.45, 2.75) is 58.7 Å². The van der Waals surface area contributed by atoms with Gasteiger partial charge in [0.2, 0.25) is 0 Å². The molecule has 0 fully saturated rings. The van der Waals surface area contributed by atoms with Crippen LogP contribution in [0.1, 0.15) is 67.0 Å². The number of fused-ring (bicyclic) bond motifs is 1. The molecule has 0 spiro atoms. The third-order valence-electron chi connectivity index (χ3n) is 6.82. The number of benzene rings is 3. The molecule has 0 heterocycles. The summed E-state index contributed by atoms with van der Waals surface area (Å²) in [5, 5.41) is 9.98. The van der Waals surface area contributed by atoms with Crippen molar-refractivity contribution in [2.75, 3.05) is 0 Å². The summed E-state index contributed by atoms with van der Waals surface area (Å²) in [4.78, 5) is 0. The summed E-state index contributed by atoms with van der Waals surface area (Å²) in [7, 11) is 0. The van der Waals surface area contributed by atoms with Crippen LogP contribution < -0.4 is 0 Å². The van der Waals surface area contributed by atoms with Gasteiger partial charge in [0.05, 0.1) is 18.2 Å². The lowest BCUT2D eigenvalue weighted by atomic mass is 9.84. The number of hydrogen-bond donors (Lipinski definition) is 0. The summed E-state index contributed by atoms with van der Waals surface area (Å²) >= 11 is 0. The summed E-state index contributed by atoms with van der Waals surface area (Å²) in [5.74, 6) is 0. The van der Waals surface area contributed by atoms with Gasteiger partial charge in [0, 0.05) is 5.56 Å². The minimum atomic E-state index is -0.243. The van der Waals surface area contributed by atoms with E-state index in [9.17, 15) is 5.26 Å². The first-order chi connectivity index (χ1) is 17.7. The third-order valence-corrected chi connectivity index (χ3v) is 6.82. The number of hydrogen-bond acceptors (Lipinski definition) is 2. The van der Waals surface area contributed by atoms with Crippen LogP contribution in [0.4, 0.5) is 0 Å². The summed E-state index contributed by atoms with van der Waals surface area (Å²) in [6.07, 6.45) is 15.9. The average Bonchev–Trinajstić information content (AvgIpc) is 2.94. The van der Waals surface area contributed by atoms with Crippen molar-refractivity contribution in [3.63, 3.8) is 0 Å². The quantitative estimate of drug-likeness (QED) is 0.291. The van der Waals surface area contributed by atoms with Crippen molar-refractivity contribution in [3.8, 4) is 17.2 Å². The van der Waals surface area contributed by atoms with E-state index >= 15 is 0 Å². The van der Waals surface area contributed by atoms with Crippen LogP contribution in [0.5, 0.6) is 0 Å². The molecule has 0 amide bonds. The first-order valence-electron chi connectivity index (χ1n) is 13.0. The second-order valence-corrected chi connectivity index (χ2v) is 9.23. The third kappa shape index (κ3) is 6.11. The summed E-state index contributed by atoms with van der Waals surface area (Å²) < 4.78 is 6.57. The fourth-order valence-corrected chi connectivity index (χ4v) is 4.93. The molecule has 2 heteroatoms. The van der Waals surface area contributed by atoms with Gasteiger partial charge >= 0.3 is 0 Å². The Hall–Kier alpha value is -3.67. The number of ether oxygens (including phenoxy) is 1. The molecule has 3 aromatic carbocycles. The van der Waals surface area contributed by atoms with E-state index in [4.69, 9.17) is 4.74 Å². The monoisotopic (exact) mass is 473 g/mol. The van der Waals surface area contributed by atoms with Gasteiger partial charge in [-0.15, -0.1) is 0 Å². The summed E-state index contributed by atoms with van der Waals surface area (Å²) in [5.41, 5.74) is 9.02. The molecule has 36 heavy (non-hydrogen) atoms. The van der Waals surface area contributed by atoms with Crippen LogP contribution in [0.3, 0.4) is 0 Å². The molecule has 0 saturated carbocycles. The van der Waals surface area contributed by atoms with Gasteiger partial charge in [-0.25, -0.2) is 0 Å². The molecule has 1 aliphatic carbocycles. The zero-order valence-electron chi connectivity index (χ0n) is 21.4. The number of allylic oxidation sites excluding steroid dienone is 4. The lowest BCUT2D eigenvalue weighted by Gasteiger charge is -2.23. The second kappa shape index (κ2) is 12.9. The maximum absolute atomic E-state index is 9.98. The van der Waals surface area contributed by atoms with E-state index in [1.54, 1.807) is 0 Å². The first kappa shape index (κ1) is 25.4. The van der Waals surface area contributed by atoms with Crippen LogP contribution in [-0.2, 0) is 24.2 Å². The van der Waals surface area contributed by atoms with Gasteiger partial charge in [0.25, 0.3) is 0 Å². The number of nitriles is 1. The SMILES string of the molecule is C\C=C(/C=C\C=C\CC)C(OCc1ccccc1)c1ccc(C#N)c(-c2cccc3c2CCCC3)c1. The molecule has 0 N–H and O–H groups in total. The van der Waals surface area contributed by atoms with Crippen LogP contribution in [0.25, 0.3) is 11.1 Å². The lowest BCUT2D eigenvalue weighted by molar-refractivity contribution is 0.0662. The minimum Gasteiger partial charge on any atom is -0.364 e. The van der Waals surface area contributed by atoms with Crippen molar-refractivity contribution in [1.29, 1.82) is 5.26 Å². The fourth-order valence-electron chi connectivity index (χ4n) is 4.93. The van der Waals surface area contributed by atoms with Crippen LogP contribution in [0.15, 0.2) is 103 Å². The highest BCUT2D eigenvalue weighted by Crippen LogP contribution is 2.37. The molecule has 1 aliphatic rings. The maximum Gasteiger partial charge on any atom is 0.108 e. The normalized spacial score (nSPS) is 14.6. The largest absolute Gasteiger partial charge is 0.364 e. The molecule has 0 radical (unpaired) electrons. The van der Waals surface area contributed by atoms with Gasteiger partial charge in [-0.3, -0.25) is 0 Å². The molecule has 0 bridgehead atoms. The first-order valence-corrected chi connectivity index (χ1v) is 13.0. The highest BCUT2D eigenvalue weighted by molar-refractivity contribution is 5.75. The van der Waals surface area contributed by atoms with E-state index in [0.29, 0.717) is 12.2 Å². The van der Waals surface area contributed by atoms with Crippen LogP contribution in [-0.4, -0.2) is 0 Å². The average molecular weight is 474 g/mol. The second-order valence-electron chi connectivity index (χ2n) is 9.23. The molecular weight excluding hydrogens is 438 g/mol. The molecule has 0 saturated heterocycles. The Bertz CT molecular complexity index is 1290. The van der Waals surface area contributed by atoms with Gasteiger partial charge in [0.1, 0.15) is 6.10 Å². The van der Waals surface area contributed by atoms with Crippen molar-refractivity contribution in [2.24, 2.45) is 0 Å². The topological polar surface area (TPSA) is 33.0 Å². The minimum absolute atomic E-state index is 0.243. The predicted octanol–water partition coefficient (Wildman–Crippen LogP) is 8.83. The molecule has 0 aliphatic heterocycles. The molecule has 0 aromatic heterocycles. The zero-order valence-corrected chi connectivity index (χ0v) is 21.4. The Morgan fingerprint density at radius 1 is 0.972 bits per heavy atom. The molecule has 4 rings (SSSR count). The smallest absolute Gasteiger partial charge is 0.108 e. The van der Waals surface area contributed by atoms with Gasteiger partial charge < -0.3 is 4.74 Å².